The zero-order valence-electron chi connectivity index (χ0n) is 18.7. The van der Waals surface area contributed by atoms with Crippen molar-refractivity contribution in [1.82, 2.24) is 9.88 Å². The number of carbonyl (C=O) groups excluding carboxylic acids is 1. The average Bonchev–Trinajstić information content (AvgIpc) is 3.35. The van der Waals surface area contributed by atoms with Crippen molar-refractivity contribution in [2.75, 3.05) is 49.0 Å². The molecule has 3 heterocycles. The number of piperidine rings is 1. The Hall–Kier alpha value is -3.16. The fourth-order valence-electron chi connectivity index (χ4n) is 3.52. The van der Waals surface area contributed by atoms with Gasteiger partial charge in [-0.2, -0.15) is 0 Å². The standard InChI is InChI=1S/C11H14FN.C7H11NO.C6H8FN3/c12-10-5-4-6-11(9-10)13-7-2-1-3-8-13;1-2-7(9)8-5-3-4-6-8;1-10(7)5-2-3-9-6(8)4-5/h4-6,9H,1-3,7-8H2;2H,1,3-6H2;2-4H,1H3,(H2,8,9). The molecule has 2 saturated heterocycles. The van der Waals surface area contributed by atoms with Gasteiger partial charge >= 0.3 is 0 Å². The van der Waals surface area contributed by atoms with E-state index in [0.717, 1.165) is 44.7 Å². The summed E-state index contributed by atoms with van der Waals surface area (Å²) in [7, 11) is 1.30. The molecule has 4 rings (SSSR count). The van der Waals surface area contributed by atoms with E-state index in [-0.39, 0.29) is 11.7 Å². The van der Waals surface area contributed by atoms with Gasteiger partial charge in [0.2, 0.25) is 5.91 Å². The van der Waals surface area contributed by atoms with Gasteiger partial charge in [-0.25, -0.2) is 14.5 Å². The zero-order valence-corrected chi connectivity index (χ0v) is 18.7. The second kappa shape index (κ2) is 13.3. The number of amides is 1. The Kier molecular flexibility index (Phi) is 10.4. The lowest BCUT2D eigenvalue weighted by atomic mass is 10.1. The highest BCUT2D eigenvalue weighted by molar-refractivity contribution is 5.87. The summed E-state index contributed by atoms with van der Waals surface area (Å²) >= 11 is 0. The van der Waals surface area contributed by atoms with Crippen LogP contribution in [0.25, 0.3) is 0 Å². The summed E-state index contributed by atoms with van der Waals surface area (Å²) in [5.41, 5.74) is 6.73. The van der Waals surface area contributed by atoms with Gasteiger partial charge in [-0.3, -0.25) is 4.79 Å². The third kappa shape index (κ3) is 8.53. The van der Waals surface area contributed by atoms with Crippen LogP contribution in [0.1, 0.15) is 32.1 Å². The van der Waals surface area contributed by atoms with Gasteiger partial charge in [-0.15, -0.1) is 4.48 Å². The van der Waals surface area contributed by atoms with E-state index in [4.69, 9.17) is 5.73 Å². The van der Waals surface area contributed by atoms with Crippen LogP contribution in [0.4, 0.5) is 26.1 Å². The molecular weight excluding hydrogens is 412 g/mol. The first kappa shape index (κ1) is 25.1. The molecule has 0 aliphatic carbocycles. The van der Waals surface area contributed by atoms with E-state index in [1.165, 1.54) is 56.8 Å². The first-order chi connectivity index (χ1) is 15.4. The van der Waals surface area contributed by atoms with Crippen LogP contribution in [-0.2, 0) is 4.79 Å². The number of hydrogen-bond acceptors (Lipinski definition) is 5. The van der Waals surface area contributed by atoms with Crippen LogP contribution < -0.4 is 15.8 Å². The normalized spacial score (nSPS) is 15.1. The molecular formula is C24H33F2N5O. The molecule has 174 valence electrons. The van der Waals surface area contributed by atoms with Crippen LogP contribution in [0, 0.1) is 5.82 Å². The molecule has 0 spiro atoms. The number of carbonyl (C=O) groups is 1. The van der Waals surface area contributed by atoms with Crippen molar-refractivity contribution in [3.63, 3.8) is 0 Å². The van der Waals surface area contributed by atoms with Gasteiger partial charge in [0.1, 0.15) is 11.6 Å². The fraction of sp³-hybridized carbons (Fsp3) is 0.417. The first-order valence-electron chi connectivity index (χ1n) is 10.9. The van der Waals surface area contributed by atoms with Crippen LogP contribution in [0.3, 0.4) is 0 Å². The van der Waals surface area contributed by atoms with Crippen LogP contribution in [0.2, 0.25) is 0 Å². The summed E-state index contributed by atoms with van der Waals surface area (Å²) in [5, 5.41) is 0.484. The number of hydrogen-bond donors (Lipinski definition) is 1. The smallest absolute Gasteiger partial charge is 0.245 e. The number of pyridine rings is 1. The molecule has 32 heavy (non-hydrogen) atoms. The van der Waals surface area contributed by atoms with Crippen molar-refractivity contribution >= 4 is 23.1 Å². The number of anilines is 3. The Balaban J connectivity index is 0.000000174. The molecule has 0 radical (unpaired) electrons. The quantitative estimate of drug-likeness (QED) is 0.553. The maximum Gasteiger partial charge on any atom is 0.245 e. The highest BCUT2D eigenvalue weighted by atomic mass is 19.2. The second-order valence-corrected chi connectivity index (χ2v) is 7.68. The molecule has 1 aromatic carbocycles. The molecule has 1 amide bonds. The van der Waals surface area contributed by atoms with Gasteiger partial charge in [-0.1, -0.05) is 12.6 Å². The van der Waals surface area contributed by atoms with Gasteiger partial charge in [0, 0.05) is 51.2 Å². The largest absolute Gasteiger partial charge is 0.384 e. The minimum absolute atomic E-state index is 0.0764. The van der Waals surface area contributed by atoms with Crippen molar-refractivity contribution in [2.24, 2.45) is 0 Å². The van der Waals surface area contributed by atoms with E-state index < -0.39 is 0 Å². The van der Waals surface area contributed by atoms with E-state index >= 15 is 0 Å². The van der Waals surface area contributed by atoms with Gasteiger partial charge in [0.25, 0.3) is 0 Å². The summed E-state index contributed by atoms with van der Waals surface area (Å²) in [4.78, 5) is 18.6. The zero-order chi connectivity index (χ0) is 23.3. The SMILES string of the molecule is C=CC(=O)N1CCCC1.CN(F)c1ccnc(N)c1.Fc1cccc(N2CCCCC2)c1. The second-order valence-electron chi connectivity index (χ2n) is 7.68. The minimum Gasteiger partial charge on any atom is -0.384 e. The van der Waals surface area contributed by atoms with Gasteiger partial charge in [0.15, 0.2) is 0 Å². The lowest BCUT2D eigenvalue weighted by Crippen LogP contribution is -2.29. The minimum atomic E-state index is -0.136. The Labute approximate surface area is 189 Å². The number of nitrogens with zero attached hydrogens (tertiary/aromatic N) is 4. The Morgan fingerprint density at radius 1 is 1.09 bits per heavy atom. The molecule has 1 aromatic heterocycles. The third-order valence-corrected chi connectivity index (χ3v) is 5.24. The fourth-order valence-corrected chi connectivity index (χ4v) is 3.52. The van der Waals surface area contributed by atoms with Crippen molar-refractivity contribution in [3.05, 3.63) is 61.1 Å². The number of likely N-dealkylation sites (tertiary alicyclic amines) is 1. The summed E-state index contributed by atoms with van der Waals surface area (Å²) in [5.74, 6) is 0.262. The number of nitrogens with two attached hydrogens (primary N) is 1. The number of halogens is 2. The van der Waals surface area contributed by atoms with Crippen LogP contribution in [-0.4, -0.2) is 49.0 Å². The van der Waals surface area contributed by atoms with E-state index in [2.05, 4.69) is 16.5 Å². The maximum absolute atomic E-state index is 12.9. The predicted octanol–water partition coefficient (Wildman–Crippen LogP) is 4.60. The van der Waals surface area contributed by atoms with Crippen LogP contribution in [0.5, 0.6) is 0 Å². The molecule has 0 atom stereocenters. The molecule has 0 saturated carbocycles. The molecule has 8 heteroatoms. The lowest BCUT2D eigenvalue weighted by Gasteiger charge is -2.28. The lowest BCUT2D eigenvalue weighted by molar-refractivity contribution is -0.124. The van der Waals surface area contributed by atoms with Crippen LogP contribution >= 0.6 is 0 Å². The maximum atomic E-state index is 12.9. The number of rotatable bonds is 3. The van der Waals surface area contributed by atoms with Gasteiger partial charge in [0.05, 0.1) is 5.69 Å². The number of nitrogen functional groups attached to an aromatic ring is 1. The highest BCUT2D eigenvalue weighted by Gasteiger charge is 2.14. The monoisotopic (exact) mass is 445 g/mol. The summed E-state index contributed by atoms with van der Waals surface area (Å²) < 4.78 is 25.3. The van der Waals surface area contributed by atoms with E-state index in [9.17, 15) is 13.7 Å². The van der Waals surface area contributed by atoms with Crippen molar-refractivity contribution < 1.29 is 13.7 Å². The van der Waals surface area contributed by atoms with Crippen LogP contribution in [0.15, 0.2) is 55.3 Å². The average molecular weight is 446 g/mol. The van der Waals surface area contributed by atoms with Gasteiger partial charge in [-0.05, 0) is 62.4 Å². The summed E-state index contributed by atoms with van der Waals surface area (Å²) in [6.45, 7) is 7.40. The van der Waals surface area contributed by atoms with Crippen molar-refractivity contribution in [2.45, 2.75) is 32.1 Å². The molecule has 2 aliphatic heterocycles. The molecule has 2 N–H and O–H groups in total. The summed E-state index contributed by atoms with van der Waals surface area (Å²) in [6.07, 6.45) is 8.92. The molecule has 2 aliphatic rings. The third-order valence-electron chi connectivity index (χ3n) is 5.24. The molecule has 0 unspecified atom stereocenters. The Morgan fingerprint density at radius 3 is 2.28 bits per heavy atom. The molecule has 6 nitrogen and oxygen atoms in total. The number of aromatic nitrogens is 1. The number of benzene rings is 1. The van der Waals surface area contributed by atoms with Gasteiger partial charge < -0.3 is 15.5 Å². The topological polar surface area (TPSA) is 65.7 Å². The van der Waals surface area contributed by atoms with E-state index in [1.54, 1.807) is 12.1 Å². The molecule has 2 fully saturated rings. The van der Waals surface area contributed by atoms with E-state index in [1.807, 2.05) is 11.0 Å². The highest BCUT2D eigenvalue weighted by Crippen LogP contribution is 2.20. The molecule has 0 bridgehead atoms. The van der Waals surface area contributed by atoms with Crippen molar-refractivity contribution in [3.8, 4) is 0 Å². The van der Waals surface area contributed by atoms with Crippen molar-refractivity contribution in [1.29, 1.82) is 0 Å². The Bertz CT molecular complexity index is 850. The Morgan fingerprint density at radius 2 is 1.75 bits per heavy atom. The first-order valence-corrected chi connectivity index (χ1v) is 10.9. The predicted molar refractivity (Wildman–Crippen MR) is 127 cm³/mol. The molecule has 2 aromatic rings. The summed E-state index contributed by atoms with van der Waals surface area (Å²) in [6, 6.07) is 9.86. The van der Waals surface area contributed by atoms with E-state index in [0.29, 0.717) is 16.6 Å².